The second-order valence-corrected chi connectivity index (χ2v) is 5.38. The van der Waals surface area contributed by atoms with E-state index >= 15 is 0 Å². The van der Waals surface area contributed by atoms with Crippen LogP contribution in [0, 0.1) is 5.92 Å². The van der Waals surface area contributed by atoms with E-state index in [0.717, 1.165) is 0 Å². The van der Waals surface area contributed by atoms with E-state index < -0.39 is 36.6 Å². The number of alkyl halides is 3. The molecule has 1 saturated heterocycles. The second kappa shape index (κ2) is 7.63. The molecule has 0 aromatic heterocycles. The molecule has 1 fully saturated rings. The molecule has 2 atom stereocenters. The molecule has 0 radical (unpaired) electrons. The number of carbonyl (C=O) groups excluding carboxylic acids is 1. The highest BCUT2D eigenvalue weighted by atomic mass is 19.4. The molecule has 0 aliphatic carbocycles. The van der Waals surface area contributed by atoms with Gasteiger partial charge in [-0.05, 0) is 25.8 Å². The number of amides is 1. The first kappa shape index (κ1) is 17.7. The summed E-state index contributed by atoms with van der Waals surface area (Å²) in [5.74, 6) is -2.17. The molecule has 1 rings (SSSR count). The lowest BCUT2D eigenvalue weighted by molar-refractivity contribution is -0.152. The Morgan fingerprint density at radius 3 is 2.62 bits per heavy atom. The number of aliphatic carboxylic acids is 1. The minimum Gasteiger partial charge on any atom is -0.480 e. The lowest BCUT2D eigenvalue weighted by Gasteiger charge is -2.32. The van der Waals surface area contributed by atoms with Crippen molar-refractivity contribution in [2.45, 2.75) is 44.8 Å². The van der Waals surface area contributed by atoms with Gasteiger partial charge in [-0.25, -0.2) is 4.79 Å². The Kier molecular flexibility index (Phi) is 6.44. The average Bonchev–Trinajstić information content (AvgIpc) is 2.36. The van der Waals surface area contributed by atoms with Crippen LogP contribution in [0.4, 0.5) is 13.2 Å². The summed E-state index contributed by atoms with van der Waals surface area (Å²) in [6.45, 7) is 1.09. The molecule has 1 amide bonds. The van der Waals surface area contributed by atoms with E-state index in [4.69, 9.17) is 5.11 Å². The zero-order valence-electron chi connectivity index (χ0n) is 11.9. The van der Waals surface area contributed by atoms with Crippen LogP contribution in [-0.4, -0.2) is 53.7 Å². The summed E-state index contributed by atoms with van der Waals surface area (Å²) in [5, 5.41) is 11.4. The van der Waals surface area contributed by atoms with Crippen molar-refractivity contribution in [2.75, 3.05) is 19.6 Å². The Morgan fingerprint density at radius 2 is 2.10 bits per heavy atom. The van der Waals surface area contributed by atoms with Crippen LogP contribution in [0.1, 0.15) is 32.6 Å². The highest BCUT2D eigenvalue weighted by Gasteiger charge is 2.35. The molecule has 0 bridgehead atoms. The molecule has 5 nitrogen and oxygen atoms in total. The molecule has 1 aliphatic heterocycles. The van der Waals surface area contributed by atoms with E-state index in [2.05, 4.69) is 5.32 Å². The Balaban J connectivity index is 2.55. The first-order valence-electron chi connectivity index (χ1n) is 7.05. The number of hydrogen-bond acceptors (Lipinski definition) is 3. The molecule has 8 heteroatoms. The van der Waals surface area contributed by atoms with Crippen molar-refractivity contribution in [3.8, 4) is 0 Å². The fourth-order valence-corrected chi connectivity index (χ4v) is 2.50. The number of carbonyl (C=O) groups is 2. The largest absolute Gasteiger partial charge is 0.480 e. The third-order valence-electron chi connectivity index (χ3n) is 3.47. The summed E-state index contributed by atoms with van der Waals surface area (Å²) in [7, 11) is 0. The van der Waals surface area contributed by atoms with Crippen LogP contribution in [0.5, 0.6) is 0 Å². The lowest BCUT2D eigenvalue weighted by atomic mass is 9.96. The van der Waals surface area contributed by atoms with E-state index in [1.54, 1.807) is 6.92 Å². The Morgan fingerprint density at radius 1 is 1.43 bits per heavy atom. The van der Waals surface area contributed by atoms with E-state index in [1.165, 1.54) is 4.90 Å². The summed E-state index contributed by atoms with van der Waals surface area (Å²) < 4.78 is 37.1. The predicted molar refractivity (Wildman–Crippen MR) is 69.7 cm³/mol. The topological polar surface area (TPSA) is 69.6 Å². The van der Waals surface area contributed by atoms with Gasteiger partial charge in [0.15, 0.2) is 0 Å². The SMILES string of the molecule is CCCC(NC(=O)C1CCCN(CC(F)(F)F)C1)C(=O)O. The standard InChI is InChI=1S/C13H21F3N2O3/c1-2-4-10(12(20)21)17-11(19)9-5-3-6-18(7-9)8-13(14,15)16/h9-10H,2-8H2,1H3,(H,17,19)(H,20,21). The second-order valence-electron chi connectivity index (χ2n) is 5.38. The van der Waals surface area contributed by atoms with Crippen molar-refractivity contribution in [3.63, 3.8) is 0 Å². The van der Waals surface area contributed by atoms with Gasteiger partial charge in [0.25, 0.3) is 0 Å². The molecule has 1 heterocycles. The smallest absolute Gasteiger partial charge is 0.401 e. The van der Waals surface area contributed by atoms with E-state index in [1.807, 2.05) is 0 Å². The van der Waals surface area contributed by atoms with Crippen LogP contribution in [0.15, 0.2) is 0 Å². The molecule has 0 aromatic rings. The van der Waals surface area contributed by atoms with Gasteiger partial charge in [-0.3, -0.25) is 9.69 Å². The number of carboxylic acids is 1. The predicted octanol–water partition coefficient (Wildman–Crippen LogP) is 1.63. The van der Waals surface area contributed by atoms with Crippen molar-refractivity contribution in [2.24, 2.45) is 5.92 Å². The maximum absolute atomic E-state index is 12.4. The van der Waals surface area contributed by atoms with Crippen molar-refractivity contribution >= 4 is 11.9 Å². The molecule has 1 aliphatic rings. The summed E-state index contributed by atoms with van der Waals surface area (Å²) in [4.78, 5) is 24.2. The zero-order chi connectivity index (χ0) is 16.0. The van der Waals surface area contributed by atoms with Gasteiger partial charge in [-0.2, -0.15) is 13.2 Å². The van der Waals surface area contributed by atoms with Gasteiger partial charge in [-0.15, -0.1) is 0 Å². The van der Waals surface area contributed by atoms with Gasteiger partial charge in [0, 0.05) is 6.54 Å². The van der Waals surface area contributed by atoms with Gasteiger partial charge in [0.05, 0.1) is 12.5 Å². The molecule has 0 aromatic carbocycles. The first-order valence-corrected chi connectivity index (χ1v) is 7.05. The van der Waals surface area contributed by atoms with Crippen molar-refractivity contribution in [1.82, 2.24) is 10.2 Å². The summed E-state index contributed by atoms with van der Waals surface area (Å²) in [6, 6.07) is -0.972. The minimum atomic E-state index is -4.29. The van der Waals surface area contributed by atoms with Crippen LogP contribution in [0.3, 0.4) is 0 Å². The van der Waals surface area contributed by atoms with Gasteiger partial charge < -0.3 is 10.4 Å². The van der Waals surface area contributed by atoms with Crippen LogP contribution < -0.4 is 5.32 Å². The fraction of sp³-hybridized carbons (Fsp3) is 0.846. The van der Waals surface area contributed by atoms with Crippen LogP contribution in [-0.2, 0) is 9.59 Å². The summed E-state index contributed by atoms with van der Waals surface area (Å²) in [5.41, 5.74) is 0. The van der Waals surface area contributed by atoms with Crippen molar-refractivity contribution in [3.05, 3.63) is 0 Å². The third-order valence-corrected chi connectivity index (χ3v) is 3.47. The van der Waals surface area contributed by atoms with Gasteiger partial charge in [0.2, 0.25) is 5.91 Å². The Hall–Kier alpha value is -1.31. The Bertz CT molecular complexity index is 374. The minimum absolute atomic E-state index is 0.0177. The quantitative estimate of drug-likeness (QED) is 0.782. The number of halogens is 3. The van der Waals surface area contributed by atoms with Crippen molar-refractivity contribution < 1.29 is 27.9 Å². The number of rotatable bonds is 6. The van der Waals surface area contributed by atoms with E-state index in [0.29, 0.717) is 32.2 Å². The summed E-state index contributed by atoms with van der Waals surface area (Å²) >= 11 is 0. The molecular weight excluding hydrogens is 289 g/mol. The molecule has 122 valence electrons. The van der Waals surface area contributed by atoms with E-state index in [-0.39, 0.29) is 6.54 Å². The van der Waals surface area contributed by atoms with Crippen LogP contribution >= 0.6 is 0 Å². The number of piperidine rings is 1. The molecule has 2 unspecified atom stereocenters. The monoisotopic (exact) mass is 310 g/mol. The molecule has 0 spiro atoms. The number of likely N-dealkylation sites (tertiary alicyclic amines) is 1. The van der Waals surface area contributed by atoms with Crippen LogP contribution in [0.25, 0.3) is 0 Å². The van der Waals surface area contributed by atoms with Gasteiger partial charge in [0.1, 0.15) is 6.04 Å². The Labute approximate surface area is 121 Å². The lowest BCUT2D eigenvalue weighted by Crippen LogP contribution is -2.49. The highest BCUT2D eigenvalue weighted by molar-refractivity contribution is 5.85. The number of nitrogens with one attached hydrogen (secondary N) is 1. The molecule has 0 saturated carbocycles. The fourth-order valence-electron chi connectivity index (χ4n) is 2.50. The molecule has 21 heavy (non-hydrogen) atoms. The van der Waals surface area contributed by atoms with E-state index in [9.17, 15) is 22.8 Å². The molecule has 2 N–H and O–H groups in total. The molecular formula is C13H21F3N2O3. The number of hydrogen-bond donors (Lipinski definition) is 2. The normalized spacial score (nSPS) is 21.8. The third kappa shape index (κ3) is 6.33. The van der Waals surface area contributed by atoms with Gasteiger partial charge >= 0.3 is 12.1 Å². The average molecular weight is 310 g/mol. The van der Waals surface area contributed by atoms with Crippen LogP contribution in [0.2, 0.25) is 0 Å². The maximum Gasteiger partial charge on any atom is 0.401 e. The first-order chi connectivity index (χ1) is 9.73. The number of nitrogens with zero attached hydrogens (tertiary/aromatic N) is 1. The zero-order valence-corrected chi connectivity index (χ0v) is 11.9. The highest BCUT2D eigenvalue weighted by Crippen LogP contribution is 2.22. The number of carboxylic acid groups (broad SMARTS) is 1. The van der Waals surface area contributed by atoms with Crippen molar-refractivity contribution in [1.29, 1.82) is 0 Å². The maximum atomic E-state index is 12.4. The summed E-state index contributed by atoms with van der Waals surface area (Å²) in [6.07, 6.45) is -2.40. The van der Waals surface area contributed by atoms with Gasteiger partial charge in [-0.1, -0.05) is 13.3 Å².